The van der Waals surface area contributed by atoms with Crippen LogP contribution in [0.3, 0.4) is 0 Å². The average molecular weight is 270 g/mol. The van der Waals surface area contributed by atoms with E-state index in [1.54, 1.807) is 26.1 Å². The van der Waals surface area contributed by atoms with Crippen LogP contribution in [0.5, 0.6) is 0 Å². The van der Waals surface area contributed by atoms with Crippen molar-refractivity contribution in [3.63, 3.8) is 0 Å². The second-order valence-corrected chi connectivity index (χ2v) is 5.28. The molecule has 2 rings (SSSR count). The number of aliphatic hydroxyl groups is 1. The number of rotatable bonds is 4. The fraction of sp³-hybridized carbons (Fsp3) is 0.250. The molecule has 0 fully saturated rings. The van der Waals surface area contributed by atoms with Gasteiger partial charge in [-0.1, -0.05) is 18.2 Å². The maximum absolute atomic E-state index is 11.8. The monoisotopic (exact) mass is 270 g/mol. The maximum Gasteiger partial charge on any atom is 0.244 e. The van der Waals surface area contributed by atoms with E-state index in [9.17, 15) is 4.79 Å². The highest BCUT2D eigenvalue weighted by Crippen LogP contribution is 2.17. The number of benzene rings is 1. The van der Waals surface area contributed by atoms with E-state index in [4.69, 9.17) is 5.11 Å². The number of pyridine rings is 1. The first kappa shape index (κ1) is 14.2. The number of amides is 1. The first-order valence-corrected chi connectivity index (χ1v) is 6.47. The van der Waals surface area contributed by atoms with E-state index in [1.807, 2.05) is 30.3 Å². The first-order valence-electron chi connectivity index (χ1n) is 6.47. The molecule has 1 aromatic heterocycles. The quantitative estimate of drug-likeness (QED) is 0.837. The summed E-state index contributed by atoms with van der Waals surface area (Å²) in [5.41, 5.74) is 1.21. The molecule has 0 radical (unpaired) electrons. The van der Waals surface area contributed by atoms with Crippen LogP contribution in [-0.2, 0) is 4.79 Å². The minimum absolute atomic E-state index is 0.106. The number of aromatic nitrogens is 1. The Morgan fingerprint density at radius 1 is 1.35 bits per heavy atom. The molecular formula is C16H18N2O2. The zero-order valence-electron chi connectivity index (χ0n) is 11.6. The molecule has 0 unspecified atom stereocenters. The summed E-state index contributed by atoms with van der Waals surface area (Å²) in [5.74, 6) is -0.232. The molecule has 4 heteroatoms. The summed E-state index contributed by atoms with van der Waals surface area (Å²) in [6.07, 6.45) is 4.95. The smallest absolute Gasteiger partial charge is 0.244 e. The van der Waals surface area contributed by atoms with Gasteiger partial charge in [-0.2, -0.15) is 0 Å². The Balaban J connectivity index is 2.20. The van der Waals surface area contributed by atoms with Crippen molar-refractivity contribution in [1.29, 1.82) is 0 Å². The molecule has 2 N–H and O–H groups in total. The molecule has 0 saturated heterocycles. The lowest BCUT2D eigenvalue weighted by molar-refractivity contribution is -0.118. The molecule has 0 aliphatic heterocycles. The number of nitrogens with zero attached hydrogens (tertiary/aromatic N) is 1. The van der Waals surface area contributed by atoms with Gasteiger partial charge >= 0.3 is 0 Å². The van der Waals surface area contributed by atoms with Gasteiger partial charge in [-0.25, -0.2) is 0 Å². The summed E-state index contributed by atoms with van der Waals surface area (Å²) in [5, 5.41) is 12.9. The number of hydrogen-bond donors (Lipinski definition) is 2. The predicted molar refractivity (Wildman–Crippen MR) is 80.1 cm³/mol. The minimum atomic E-state index is -0.623. The summed E-state index contributed by atoms with van der Waals surface area (Å²) in [4.78, 5) is 16.1. The highest BCUT2D eigenvalue weighted by atomic mass is 16.3. The molecule has 104 valence electrons. The standard InChI is InChI=1S/C16H18N2O2/c1-16(2,11-19)18-15(20)8-7-12-9-10-17-14-6-4-3-5-13(12)14/h3-10,19H,11H2,1-2H3,(H,18,20)/b8-7+. The summed E-state index contributed by atoms with van der Waals surface area (Å²) in [7, 11) is 0. The van der Waals surface area contributed by atoms with Crippen LogP contribution in [0.15, 0.2) is 42.6 Å². The molecular weight excluding hydrogens is 252 g/mol. The van der Waals surface area contributed by atoms with Gasteiger partial charge < -0.3 is 10.4 Å². The van der Waals surface area contributed by atoms with E-state index in [-0.39, 0.29) is 12.5 Å². The van der Waals surface area contributed by atoms with E-state index in [2.05, 4.69) is 10.3 Å². The van der Waals surface area contributed by atoms with Crippen molar-refractivity contribution in [3.05, 3.63) is 48.2 Å². The second-order valence-electron chi connectivity index (χ2n) is 5.28. The van der Waals surface area contributed by atoms with Crippen LogP contribution >= 0.6 is 0 Å². The van der Waals surface area contributed by atoms with Crippen LogP contribution in [-0.4, -0.2) is 28.1 Å². The number of carbonyl (C=O) groups excluding carboxylic acids is 1. The number of para-hydroxylation sites is 1. The Kier molecular flexibility index (Phi) is 4.15. The van der Waals surface area contributed by atoms with E-state index < -0.39 is 5.54 Å². The largest absolute Gasteiger partial charge is 0.394 e. The van der Waals surface area contributed by atoms with Gasteiger partial charge in [0.1, 0.15) is 0 Å². The Morgan fingerprint density at radius 3 is 2.85 bits per heavy atom. The Bertz CT molecular complexity index is 642. The molecule has 0 aliphatic carbocycles. The van der Waals surface area contributed by atoms with Crippen LogP contribution in [0.1, 0.15) is 19.4 Å². The van der Waals surface area contributed by atoms with E-state index >= 15 is 0 Å². The normalized spacial score (nSPS) is 11.9. The van der Waals surface area contributed by atoms with Gasteiger partial charge in [-0.05, 0) is 37.6 Å². The van der Waals surface area contributed by atoms with Crippen molar-refractivity contribution in [2.45, 2.75) is 19.4 Å². The van der Waals surface area contributed by atoms with Crippen molar-refractivity contribution in [2.75, 3.05) is 6.61 Å². The van der Waals surface area contributed by atoms with Gasteiger partial charge in [0, 0.05) is 17.7 Å². The Labute approximate surface area is 118 Å². The third-order valence-electron chi connectivity index (χ3n) is 2.95. The third-order valence-corrected chi connectivity index (χ3v) is 2.95. The lowest BCUT2D eigenvalue weighted by Crippen LogP contribution is -2.45. The molecule has 0 atom stereocenters. The number of carbonyl (C=O) groups is 1. The minimum Gasteiger partial charge on any atom is -0.394 e. The summed E-state index contributed by atoms with van der Waals surface area (Å²) in [6.45, 7) is 3.42. The Morgan fingerprint density at radius 2 is 2.10 bits per heavy atom. The molecule has 1 heterocycles. The van der Waals surface area contributed by atoms with Gasteiger partial charge in [0.15, 0.2) is 0 Å². The van der Waals surface area contributed by atoms with Gasteiger partial charge in [0.05, 0.1) is 17.7 Å². The number of nitrogens with one attached hydrogen (secondary N) is 1. The topological polar surface area (TPSA) is 62.2 Å². The molecule has 4 nitrogen and oxygen atoms in total. The van der Waals surface area contributed by atoms with Crippen molar-refractivity contribution in [3.8, 4) is 0 Å². The van der Waals surface area contributed by atoms with Crippen LogP contribution < -0.4 is 5.32 Å². The lowest BCUT2D eigenvalue weighted by Gasteiger charge is -2.22. The lowest BCUT2D eigenvalue weighted by atomic mass is 10.1. The van der Waals surface area contributed by atoms with Gasteiger partial charge in [0.25, 0.3) is 0 Å². The van der Waals surface area contributed by atoms with Crippen molar-refractivity contribution >= 4 is 22.9 Å². The fourth-order valence-electron chi connectivity index (χ4n) is 1.84. The molecule has 0 bridgehead atoms. The molecule has 0 spiro atoms. The van der Waals surface area contributed by atoms with Crippen LogP contribution in [0.4, 0.5) is 0 Å². The summed E-state index contributed by atoms with van der Waals surface area (Å²) in [6, 6.07) is 9.64. The molecule has 20 heavy (non-hydrogen) atoms. The molecule has 1 aromatic carbocycles. The summed E-state index contributed by atoms with van der Waals surface area (Å²) >= 11 is 0. The van der Waals surface area contributed by atoms with E-state index in [0.29, 0.717) is 0 Å². The van der Waals surface area contributed by atoms with Crippen molar-refractivity contribution in [2.24, 2.45) is 0 Å². The molecule has 1 amide bonds. The van der Waals surface area contributed by atoms with Gasteiger partial charge in [-0.15, -0.1) is 0 Å². The fourth-order valence-corrected chi connectivity index (χ4v) is 1.84. The number of aliphatic hydroxyl groups excluding tert-OH is 1. The maximum atomic E-state index is 11.8. The van der Waals surface area contributed by atoms with E-state index in [0.717, 1.165) is 16.5 Å². The van der Waals surface area contributed by atoms with Gasteiger partial charge in [0.2, 0.25) is 5.91 Å². The second kappa shape index (κ2) is 5.84. The first-order chi connectivity index (χ1) is 9.52. The van der Waals surface area contributed by atoms with Crippen LogP contribution in [0.2, 0.25) is 0 Å². The highest BCUT2D eigenvalue weighted by Gasteiger charge is 2.17. The molecule has 0 aliphatic rings. The third kappa shape index (κ3) is 3.42. The van der Waals surface area contributed by atoms with Crippen molar-refractivity contribution < 1.29 is 9.90 Å². The Hall–Kier alpha value is -2.20. The van der Waals surface area contributed by atoms with Crippen LogP contribution in [0, 0.1) is 0 Å². The van der Waals surface area contributed by atoms with Crippen molar-refractivity contribution in [1.82, 2.24) is 10.3 Å². The number of fused-ring (bicyclic) bond motifs is 1. The van der Waals surface area contributed by atoms with Gasteiger partial charge in [-0.3, -0.25) is 9.78 Å². The molecule has 2 aromatic rings. The number of hydrogen-bond acceptors (Lipinski definition) is 3. The summed E-state index contributed by atoms with van der Waals surface area (Å²) < 4.78 is 0. The zero-order valence-corrected chi connectivity index (χ0v) is 11.6. The molecule has 0 saturated carbocycles. The SMILES string of the molecule is CC(C)(CO)NC(=O)/C=C/c1ccnc2ccccc12. The average Bonchev–Trinajstić information content (AvgIpc) is 2.44. The van der Waals surface area contributed by atoms with E-state index in [1.165, 1.54) is 6.08 Å². The predicted octanol–water partition coefficient (Wildman–Crippen LogP) is 2.14. The highest BCUT2D eigenvalue weighted by molar-refractivity contribution is 5.95. The van der Waals surface area contributed by atoms with Crippen LogP contribution in [0.25, 0.3) is 17.0 Å². The zero-order chi connectivity index (χ0) is 14.6.